The lowest BCUT2D eigenvalue weighted by molar-refractivity contribution is -0.113. The molecule has 0 aliphatic carbocycles. The van der Waals surface area contributed by atoms with E-state index >= 15 is 0 Å². The fourth-order valence-corrected chi connectivity index (χ4v) is 4.79. The first-order valence-corrected chi connectivity index (χ1v) is 11.7. The summed E-state index contributed by atoms with van der Waals surface area (Å²) in [5.74, 6) is 1.77. The maximum absolute atomic E-state index is 13.1. The molecule has 1 amide bonds. The van der Waals surface area contributed by atoms with Gasteiger partial charge in [0.05, 0.1) is 28.3 Å². The number of halogens is 1. The minimum atomic E-state index is -0.166. The van der Waals surface area contributed by atoms with Crippen LogP contribution in [0.2, 0.25) is 0 Å². The van der Waals surface area contributed by atoms with Crippen molar-refractivity contribution in [1.29, 1.82) is 0 Å². The summed E-state index contributed by atoms with van der Waals surface area (Å²) in [4.78, 5) is 15.1. The van der Waals surface area contributed by atoms with Crippen LogP contribution in [0.3, 0.4) is 0 Å². The van der Waals surface area contributed by atoms with Crippen LogP contribution in [0.5, 0.6) is 17.2 Å². The number of ether oxygens (including phenoxy) is 3. The molecule has 0 saturated carbocycles. The molecular formula is C23H22BrNO4S2. The minimum absolute atomic E-state index is 0.166. The molecule has 0 atom stereocenters. The molecule has 1 heterocycles. The quantitative estimate of drug-likeness (QED) is 0.222. The van der Waals surface area contributed by atoms with E-state index in [0.29, 0.717) is 46.2 Å². The molecule has 5 nitrogen and oxygen atoms in total. The van der Waals surface area contributed by atoms with Gasteiger partial charge in [0, 0.05) is 0 Å². The van der Waals surface area contributed by atoms with Crippen molar-refractivity contribution in [3.8, 4) is 17.2 Å². The highest BCUT2D eigenvalue weighted by atomic mass is 79.9. The summed E-state index contributed by atoms with van der Waals surface area (Å²) >= 11 is 10.3. The van der Waals surface area contributed by atoms with Gasteiger partial charge in [-0.3, -0.25) is 9.69 Å². The number of hydrogen-bond donors (Lipinski definition) is 0. The van der Waals surface area contributed by atoms with Gasteiger partial charge in [0.25, 0.3) is 5.91 Å². The molecule has 3 rings (SSSR count). The van der Waals surface area contributed by atoms with Gasteiger partial charge in [0.15, 0.2) is 15.8 Å². The number of carbonyl (C=O) groups excluding carboxylic acids is 1. The van der Waals surface area contributed by atoms with E-state index in [-0.39, 0.29) is 5.91 Å². The lowest BCUT2D eigenvalue weighted by Gasteiger charge is -2.15. The zero-order chi connectivity index (χ0) is 22.4. The summed E-state index contributed by atoms with van der Waals surface area (Å²) in [6.07, 6.45) is 3.47. The molecule has 0 bridgehead atoms. The normalized spacial score (nSPS) is 14.8. The zero-order valence-corrected chi connectivity index (χ0v) is 20.4. The van der Waals surface area contributed by atoms with E-state index in [4.69, 9.17) is 26.4 Å². The molecule has 31 heavy (non-hydrogen) atoms. The molecule has 0 radical (unpaired) electrons. The highest BCUT2D eigenvalue weighted by Crippen LogP contribution is 2.40. The first-order valence-electron chi connectivity index (χ1n) is 9.69. The molecule has 2 aromatic rings. The van der Waals surface area contributed by atoms with Crippen LogP contribution in [0.15, 0.2) is 58.4 Å². The van der Waals surface area contributed by atoms with Crippen molar-refractivity contribution in [2.24, 2.45) is 0 Å². The van der Waals surface area contributed by atoms with Crippen LogP contribution >= 0.6 is 39.9 Å². The van der Waals surface area contributed by atoms with Crippen LogP contribution in [0.25, 0.3) is 6.08 Å². The third-order valence-electron chi connectivity index (χ3n) is 4.17. The van der Waals surface area contributed by atoms with Gasteiger partial charge in [-0.2, -0.15) is 0 Å². The number of thioether (sulfide) groups is 1. The fraction of sp³-hybridized carbons (Fsp3) is 0.217. The highest BCUT2D eigenvalue weighted by Gasteiger charge is 2.33. The minimum Gasteiger partial charge on any atom is -0.494 e. The Kier molecular flexibility index (Phi) is 8.17. The molecule has 0 unspecified atom stereocenters. The monoisotopic (exact) mass is 519 g/mol. The van der Waals surface area contributed by atoms with Gasteiger partial charge >= 0.3 is 0 Å². The van der Waals surface area contributed by atoms with Gasteiger partial charge in [-0.15, -0.1) is 0 Å². The Morgan fingerprint density at radius 2 is 1.84 bits per heavy atom. The van der Waals surface area contributed by atoms with Crippen molar-refractivity contribution < 1.29 is 19.0 Å². The van der Waals surface area contributed by atoms with Crippen molar-refractivity contribution in [3.63, 3.8) is 0 Å². The average Bonchev–Trinajstić information content (AvgIpc) is 3.01. The van der Waals surface area contributed by atoms with E-state index < -0.39 is 0 Å². The topological polar surface area (TPSA) is 48.0 Å². The Morgan fingerprint density at radius 1 is 1.13 bits per heavy atom. The van der Waals surface area contributed by atoms with Crippen LogP contribution < -0.4 is 19.1 Å². The van der Waals surface area contributed by atoms with Gasteiger partial charge in [-0.05, 0) is 77.8 Å². The van der Waals surface area contributed by atoms with Crippen LogP contribution in [0, 0.1) is 0 Å². The van der Waals surface area contributed by atoms with E-state index in [1.54, 1.807) is 12.2 Å². The molecule has 2 aromatic carbocycles. The second-order valence-electron chi connectivity index (χ2n) is 6.31. The molecule has 0 aromatic heterocycles. The Bertz CT molecular complexity index is 1020. The lowest BCUT2D eigenvalue weighted by Crippen LogP contribution is -2.27. The predicted octanol–water partition coefficient (Wildman–Crippen LogP) is 6.22. The van der Waals surface area contributed by atoms with E-state index in [2.05, 4.69) is 22.5 Å². The summed E-state index contributed by atoms with van der Waals surface area (Å²) < 4.78 is 18.1. The fourth-order valence-electron chi connectivity index (χ4n) is 2.92. The molecule has 1 aliphatic heterocycles. The van der Waals surface area contributed by atoms with Crippen LogP contribution in [0.4, 0.5) is 5.69 Å². The molecule has 1 saturated heterocycles. The summed E-state index contributed by atoms with van der Waals surface area (Å²) in [7, 11) is 0. The maximum atomic E-state index is 13.1. The smallest absolute Gasteiger partial charge is 0.270 e. The van der Waals surface area contributed by atoms with Crippen molar-refractivity contribution in [3.05, 3.63) is 64.0 Å². The van der Waals surface area contributed by atoms with Crippen molar-refractivity contribution in [2.75, 3.05) is 24.7 Å². The molecule has 0 spiro atoms. The van der Waals surface area contributed by atoms with Crippen molar-refractivity contribution in [2.45, 2.75) is 13.8 Å². The number of thiocarbonyl (C=S) groups is 1. The summed E-state index contributed by atoms with van der Waals surface area (Å²) in [5.41, 5.74) is 1.51. The second-order valence-corrected chi connectivity index (χ2v) is 8.84. The third kappa shape index (κ3) is 5.50. The maximum Gasteiger partial charge on any atom is 0.270 e. The Hall–Kier alpha value is -2.29. The standard InChI is InChI=1S/C23H22BrNO4S2/c1-4-11-29-21-18(24)12-15(13-19(21)28-6-3)14-20-22(26)25(23(30)31-20)16-7-9-17(10-8-16)27-5-2/h4,7-10,12-14H,1,5-6,11H2,2-3H3/b20-14-. The molecular weight excluding hydrogens is 498 g/mol. The number of anilines is 1. The number of benzene rings is 2. The SMILES string of the molecule is C=CCOc1c(Br)cc(/C=C2\SC(=S)N(c3ccc(OCC)cc3)C2=O)cc1OCC. The van der Waals surface area contributed by atoms with Gasteiger partial charge in [0.1, 0.15) is 12.4 Å². The predicted molar refractivity (Wildman–Crippen MR) is 134 cm³/mol. The second kappa shape index (κ2) is 10.8. The average molecular weight is 520 g/mol. The van der Waals surface area contributed by atoms with Gasteiger partial charge in [-0.1, -0.05) is 36.6 Å². The number of hydrogen-bond acceptors (Lipinski definition) is 6. The first-order chi connectivity index (χ1) is 15.0. The molecule has 162 valence electrons. The van der Waals surface area contributed by atoms with Gasteiger partial charge < -0.3 is 14.2 Å². The molecule has 8 heteroatoms. The largest absolute Gasteiger partial charge is 0.494 e. The first kappa shape index (κ1) is 23.4. The van der Waals surface area contributed by atoms with Crippen LogP contribution in [-0.4, -0.2) is 30.0 Å². The highest BCUT2D eigenvalue weighted by molar-refractivity contribution is 9.10. The number of carbonyl (C=O) groups is 1. The zero-order valence-electron chi connectivity index (χ0n) is 17.2. The number of amides is 1. The summed E-state index contributed by atoms with van der Waals surface area (Å²) in [5, 5.41) is 0. The van der Waals surface area contributed by atoms with Crippen LogP contribution in [-0.2, 0) is 4.79 Å². The Labute approximate surface area is 200 Å². The third-order valence-corrected chi connectivity index (χ3v) is 6.07. The Balaban J connectivity index is 1.89. The lowest BCUT2D eigenvalue weighted by atomic mass is 10.1. The molecule has 1 aliphatic rings. The summed E-state index contributed by atoms with van der Waals surface area (Å²) in [6, 6.07) is 11.0. The number of nitrogens with zero attached hydrogens (tertiary/aromatic N) is 1. The Morgan fingerprint density at radius 3 is 2.48 bits per heavy atom. The van der Waals surface area contributed by atoms with Crippen molar-refractivity contribution >= 4 is 61.9 Å². The summed E-state index contributed by atoms with van der Waals surface area (Å²) in [6.45, 7) is 8.93. The van der Waals surface area contributed by atoms with Gasteiger partial charge in [-0.25, -0.2) is 0 Å². The van der Waals surface area contributed by atoms with E-state index in [9.17, 15) is 4.79 Å². The van der Waals surface area contributed by atoms with Gasteiger partial charge in [0.2, 0.25) is 0 Å². The van der Waals surface area contributed by atoms with Crippen molar-refractivity contribution in [1.82, 2.24) is 0 Å². The van der Waals surface area contributed by atoms with E-state index in [0.717, 1.165) is 15.8 Å². The van der Waals surface area contributed by atoms with Crippen LogP contribution in [0.1, 0.15) is 19.4 Å². The number of rotatable bonds is 9. The molecule has 0 N–H and O–H groups in total. The van der Waals surface area contributed by atoms with E-state index in [1.807, 2.05) is 50.2 Å². The molecule has 1 fully saturated rings. The van der Waals surface area contributed by atoms with E-state index in [1.165, 1.54) is 16.7 Å².